The Bertz CT molecular complexity index is 693. The molecular formula is C17H27IN6S. The summed E-state index contributed by atoms with van der Waals surface area (Å²) in [6.45, 7) is 7.49. The number of hydrogen-bond donors (Lipinski definition) is 2. The molecule has 8 heteroatoms. The van der Waals surface area contributed by atoms with Gasteiger partial charge in [0.25, 0.3) is 0 Å². The number of nitrogens with one attached hydrogen (secondary N) is 2. The maximum absolute atomic E-state index is 4.68. The molecule has 1 aliphatic heterocycles. The standard InChI is InChI=1S/C17H26N6S.HI/c1-3-13-8-9-14(24-13)11-19-17(18-4-2)20-12-16-22-21-15-7-5-6-10-23(15)16;/h8-9H,3-7,10-12H2,1-2H3,(H2,18,19,20);1H. The van der Waals surface area contributed by atoms with Crippen molar-refractivity contribution in [2.75, 3.05) is 6.54 Å². The Morgan fingerprint density at radius 1 is 1.20 bits per heavy atom. The van der Waals surface area contributed by atoms with Crippen molar-refractivity contribution in [3.63, 3.8) is 0 Å². The Balaban J connectivity index is 0.00000225. The third kappa shape index (κ3) is 5.40. The van der Waals surface area contributed by atoms with E-state index in [4.69, 9.17) is 0 Å². The monoisotopic (exact) mass is 474 g/mol. The molecule has 3 rings (SSSR count). The third-order valence-electron chi connectivity index (χ3n) is 4.15. The fourth-order valence-electron chi connectivity index (χ4n) is 2.86. The van der Waals surface area contributed by atoms with Gasteiger partial charge in [-0.25, -0.2) is 4.99 Å². The van der Waals surface area contributed by atoms with Crippen LogP contribution in [0.5, 0.6) is 0 Å². The second kappa shape index (κ2) is 10.1. The van der Waals surface area contributed by atoms with Crippen LogP contribution in [-0.4, -0.2) is 27.3 Å². The van der Waals surface area contributed by atoms with Crippen LogP contribution >= 0.6 is 35.3 Å². The minimum absolute atomic E-state index is 0. The molecule has 0 atom stereocenters. The lowest BCUT2D eigenvalue weighted by Gasteiger charge is -2.14. The van der Waals surface area contributed by atoms with Crippen LogP contribution in [0.1, 0.15) is 48.1 Å². The van der Waals surface area contributed by atoms with Gasteiger partial charge in [0.1, 0.15) is 12.4 Å². The van der Waals surface area contributed by atoms with Gasteiger partial charge < -0.3 is 15.2 Å². The van der Waals surface area contributed by atoms with E-state index in [2.05, 4.69) is 56.4 Å². The van der Waals surface area contributed by atoms with Gasteiger partial charge in [-0.1, -0.05) is 6.92 Å². The van der Waals surface area contributed by atoms with E-state index in [-0.39, 0.29) is 24.0 Å². The maximum atomic E-state index is 4.68. The summed E-state index contributed by atoms with van der Waals surface area (Å²) in [4.78, 5) is 7.43. The lowest BCUT2D eigenvalue weighted by Crippen LogP contribution is -2.36. The molecule has 138 valence electrons. The summed E-state index contributed by atoms with van der Waals surface area (Å²) in [7, 11) is 0. The van der Waals surface area contributed by atoms with E-state index in [1.807, 2.05) is 11.3 Å². The minimum atomic E-state index is 0. The van der Waals surface area contributed by atoms with Crippen LogP contribution in [0, 0.1) is 0 Å². The van der Waals surface area contributed by atoms with Crippen LogP contribution in [0.25, 0.3) is 0 Å². The summed E-state index contributed by atoms with van der Waals surface area (Å²) in [5, 5.41) is 15.3. The molecular weight excluding hydrogens is 447 g/mol. The van der Waals surface area contributed by atoms with E-state index in [0.29, 0.717) is 6.54 Å². The quantitative estimate of drug-likeness (QED) is 0.384. The average Bonchev–Trinajstić information content (AvgIpc) is 3.24. The predicted octanol–water partition coefficient (Wildman–Crippen LogP) is 3.11. The number of thiophene rings is 1. The van der Waals surface area contributed by atoms with E-state index in [1.54, 1.807) is 0 Å². The van der Waals surface area contributed by atoms with Crippen molar-refractivity contribution in [3.05, 3.63) is 33.5 Å². The first-order valence-electron chi connectivity index (χ1n) is 8.80. The van der Waals surface area contributed by atoms with Crippen molar-refractivity contribution in [1.82, 2.24) is 25.4 Å². The first kappa shape index (κ1) is 20.2. The number of aryl methyl sites for hydroxylation is 2. The number of halogens is 1. The first-order chi connectivity index (χ1) is 11.8. The predicted molar refractivity (Wildman–Crippen MR) is 114 cm³/mol. The smallest absolute Gasteiger partial charge is 0.191 e. The number of fused-ring (bicyclic) bond motifs is 1. The molecule has 0 spiro atoms. The molecule has 0 saturated carbocycles. The summed E-state index contributed by atoms with van der Waals surface area (Å²) in [6.07, 6.45) is 4.55. The topological polar surface area (TPSA) is 67.1 Å². The lowest BCUT2D eigenvalue weighted by atomic mass is 10.2. The molecule has 0 bridgehead atoms. The number of guanidine groups is 1. The average molecular weight is 474 g/mol. The Morgan fingerprint density at radius 3 is 2.80 bits per heavy atom. The van der Waals surface area contributed by atoms with Crippen LogP contribution in [0.3, 0.4) is 0 Å². The normalized spacial score (nSPS) is 13.9. The molecule has 0 saturated heterocycles. The van der Waals surface area contributed by atoms with Crippen molar-refractivity contribution in [3.8, 4) is 0 Å². The molecule has 1 aliphatic rings. The van der Waals surface area contributed by atoms with E-state index < -0.39 is 0 Å². The highest BCUT2D eigenvalue weighted by atomic mass is 127. The fourth-order valence-corrected chi connectivity index (χ4v) is 3.75. The highest BCUT2D eigenvalue weighted by Gasteiger charge is 2.15. The Kier molecular flexibility index (Phi) is 8.14. The molecule has 25 heavy (non-hydrogen) atoms. The molecule has 2 N–H and O–H groups in total. The minimum Gasteiger partial charge on any atom is -0.357 e. The Labute approximate surface area is 170 Å². The molecule has 2 aromatic rings. The van der Waals surface area contributed by atoms with Gasteiger partial charge in [0, 0.05) is 29.3 Å². The van der Waals surface area contributed by atoms with Gasteiger partial charge in [-0.05, 0) is 38.3 Å². The zero-order valence-electron chi connectivity index (χ0n) is 14.9. The number of rotatable bonds is 6. The lowest BCUT2D eigenvalue weighted by molar-refractivity contribution is 0.508. The Morgan fingerprint density at radius 2 is 2.04 bits per heavy atom. The largest absolute Gasteiger partial charge is 0.357 e. The summed E-state index contributed by atoms with van der Waals surface area (Å²) in [5.74, 6) is 2.90. The van der Waals surface area contributed by atoms with Gasteiger partial charge in [-0.3, -0.25) is 0 Å². The van der Waals surface area contributed by atoms with E-state index in [1.165, 1.54) is 22.6 Å². The molecule has 0 amide bonds. The van der Waals surface area contributed by atoms with E-state index in [0.717, 1.165) is 50.1 Å². The van der Waals surface area contributed by atoms with Crippen LogP contribution in [0.15, 0.2) is 17.1 Å². The maximum Gasteiger partial charge on any atom is 0.191 e. The van der Waals surface area contributed by atoms with E-state index >= 15 is 0 Å². The number of nitrogens with zero attached hydrogens (tertiary/aromatic N) is 4. The first-order valence-corrected chi connectivity index (χ1v) is 9.62. The SMILES string of the molecule is CCNC(=NCc1nnc2n1CCCC2)NCc1ccc(CC)s1.I. The van der Waals surface area contributed by atoms with E-state index in [9.17, 15) is 0 Å². The summed E-state index contributed by atoms with van der Waals surface area (Å²) < 4.78 is 2.23. The number of aromatic nitrogens is 3. The molecule has 0 radical (unpaired) electrons. The molecule has 6 nitrogen and oxygen atoms in total. The van der Waals surface area contributed by atoms with Crippen molar-refractivity contribution in [2.24, 2.45) is 4.99 Å². The van der Waals surface area contributed by atoms with Gasteiger partial charge in [0.05, 0.1) is 6.54 Å². The molecule has 0 fully saturated rings. The Hall–Kier alpha value is -1.16. The van der Waals surface area contributed by atoms with Crippen LogP contribution in [-0.2, 0) is 32.5 Å². The highest BCUT2D eigenvalue weighted by molar-refractivity contribution is 14.0. The third-order valence-corrected chi connectivity index (χ3v) is 5.38. The zero-order valence-corrected chi connectivity index (χ0v) is 18.1. The molecule has 0 aliphatic carbocycles. The fraction of sp³-hybridized carbons (Fsp3) is 0.588. The van der Waals surface area contributed by atoms with Gasteiger partial charge in [0.2, 0.25) is 0 Å². The highest BCUT2D eigenvalue weighted by Crippen LogP contribution is 2.17. The van der Waals surface area contributed by atoms with Crippen molar-refractivity contribution < 1.29 is 0 Å². The molecule has 0 aromatic carbocycles. The molecule has 0 unspecified atom stereocenters. The van der Waals surface area contributed by atoms with Gasteiger partial charge in [-0.15, -0.1) is 45.5 Å². The molecule has 3 heterocycles. The van der Waals surface area contributed by atoms with Crippen LogP contribution in [0.4, 0.5) is 0 Å². The van der Waals surface area contributed by atoms with Crippen molar-refractivity contribution in [1.29, 1.82) is 0 Å². The van der Waals surface area contributed by atoms with Gasteiger partial charge in [-0.2, -0.15) is 0 Å². The number of hydrogen-bond acceptors (Lipinski definition) is 4. The number of aliphatic imine (C=N–C) groups is 1. The van der Waals surface area contributed by atoms with Crippen LogP contribution in [0.2, 0.25) is 0 Å². The van der Waals surface area contributed by atoms with Gasteiger partial charge >= 0.3 is 0 Å². The van der Waals surface area contributed by atoms with Crippen molar-refractivity contribution >= 4 is 41.3 Å². The molecule has 2 aromatic heterocycles. The second-order valence-electron chi connectivity index (χ2n) is 5.91. The van der Waals surface area contributed by atoms with Crippen LogP contribution < -0.4 is 10.6 Å². The summed E-state index contributed by atoms with van der Waals surface area (Å²) >= 11 is 1.86. The summed E-state index contributed by atoms with van der Waals surface area (Å²) in [5.41, 5.74) is 0. The zero-order chi connectivity index (χ0) is 16.8. The summed E-state index contributed by atoms with van der Waals surface area (Å²) in [6, 6.07) is 4.39. The van der Waals surface area contributed by atoms with Gasteiger partial charge in [0.15, 0.2) is 11.8 Å². The van der Waals surface area contributed by atoms with Crippen molar-refractivity contribution in [2.45, 2.75) is 59.2 Å². The second-order valence-corrected chi connectivity index (χ2v) is 7.16.